The normalized spacial score (nSPS) is 12.1. The molecule has 0 fully saturated rings. The quantitative estimate of drug-likeness (QED) is 0.483. The number of rotatable bonds is 5. The number of hydrogen-bond donors (Lipinski definition) is 1. The molecular formula is C23H19ClFN3O. The third-order valence-electron chi connectivity index (χ3n) is 4.85. The van der Waals surface area contributed by atoms with E-state index in [-0.39, 0.29) is 17.8 Å². The fraction of sp³-hybridized carbons (Fsp3) is 0.130. The molecule has 0 saturated heterocycles. The minimum absolute atomic E-state index is 0.195. The van der Waals surface area contributed by atoms with Crippen LogP contribution in [0.5, 0.6) is 0 Å². The second-order valence-corrected chi connectivity index (χ2v) is 7.39. The lowest BCUT2D eigenvalue weighted by atomic mass is 10.1. The van der Waals surface area contributed by atoms with Gasteiger partial charge in [-0.05, 0) is 54.4 Å². The Balaban J connectivity index is 1.56. The van der Waals surface area contributed by atoms with Crippen molar-refractivity contribution >= 4 is 28.4 Å². The molecule has 0 aliphatic heterocycles. The van der Waals surface area contributed by atoms with Gasteiger partial charge < -0.3 is 5.32 Å². The zero-order valence-corrected chi connectivity index (χ0v) is 16.5. The number of nitrogens with one attached hydrogen (secondary N) is 1. The molecule has 4 aromatic rings. The Hall–Kier alpha value is -3.18. The molecule has 1 N–H and O–H groups in total. The number of halogens is 2. The summed E-state index contributed by atoms with van der Waals surface area (Å²) < 4.78 is 15.0. The first-order valence-corrected chi connectivity index (χ1v) is 9.64. The minimum atomic E-state index is -0.300. The highest BCUT2D eigenvalue weighted by molar-refractivity contribution is 6.30. The number of nitrogens with zero attached hydrogens (tertiary/aromatic N) is 2. The molecule has 146 valence electrons. The summed E-state index contributed by atoms with van der Waals surface area (Å²) in [5.41, 5.74) is 3.28. The second kappa shape index (κ2) is 8.05. The zero-order valence-electron chi connectivity index (χ0n) is 15.8. The Kier molecular flexibility index (Phi) is 5.32. The molecule has 0 saturated carbocycles. The van der Waals surface area contributed by atoms with Gasteiger partial charge in [-0.25, -0.2) is 4.39 Å². The van der Waals surface area contributed by atoms with Gasteiger partial charge >= 0.3 is 0 Å². The molecule has 1 heterocycles. The fourth-order valence-corrected chi connectivity index (χ4v) is 3.47. The number of fused-ring (bicyclic) bond motifs is 1. The van der Waals surface area contributed by atoms with Crippen molar-refractivity contribution < 1.29 is 9.18 Å². The number of carbonyl (C=O) groups excluding carboxylic acids is 1. The Morgan fingerprint density at radius 3 is 2.69 bits per heavy atom. The van der Waals surface area contributed by atoms with E-state index in [1.807, 2.05) is 48.0 Å². The van der Waals surface area contributed by atoms with Crippen LogP contribution in [0.25, 0.3) is 10.9 Å². The molecule has 0 bridgehead atoms. The van der Waals surface area contributed by atoms with E-state index >= 15 is 0 Å². The molecule has 4 nitrogen and oxygen atoms in total. The monoisotopic (exact) mass is 407 g/mol. The lowest BCUT2D eigenvalue weighted by molar-refractivity contribution is 0.0940. The maximum absolute atomic E-state index is 13.1. The molecule has 0 radical (unpaired) electrons. The first-order valence-electron chi connectivity index (χ1n) is 9.26. The molecule has 0 aliphatic carbocycles. The van der Waals surface area contributed by atoms with Crippen molar-refractivity contribution in [1.82, 2.24) is 15.1 Å². The van der Waals surface area contributed by atoms with Crippen LogP contribution in [0.4, 0.5) is 4.39 Å². The smallest absolute Gasteiger partial charge is 0.251 e. The Morgan fingerprint density at radius 1 is 1.14 bits per heavy atom. The Bertz CT molecular complexity index is 1170. The van der Waals surface area contributed by atoms with Crippen molar-refractivity contribution in [1.29, 1.82) is 0 Å². The van der Waals surface area contributed by atoms with Crippen LogP contribution in [0.1, 0.15) is 34.5 Å². The predicted octanol–water partition coefficient (Wildman–Crippen LogP) is 5.37. The van der Waals surface area contributed by atoms with Crippen LogP contribution in [-0.4, -0.2) is 15.7 Å². The maximum Gasteiger partial charge on any atom is 0.251 e. The van der Waals surface area contributed by atoms with Gasteiger partial charge in [-0.3, -0.25) is 9.48 Å². The van der Waals surface area contributed by atoms with E-state index in [0.717, 1.165) is 22.0 Å². The fourth-order valence-electron chi connectivity index (χ4n) is 3.26. The van der Waals surface area contributed by atoms with Gasteiger partial charge in [0.25, 0.3) is 5.91 Å². The third kappa shape index (κ3) is 4.30. The molecule has 29 heavy (non-hydrogen) atoms. The number of benzene rings is 3. The summed E-state index contributed by atoms with van der Waals surface area (Å²) in [4.78, 5) is 12.7. The Labute approximate surface area is 172 Å². The molecular weight excluding hydrogens is 389 g/mol. The summed E-state index contributed by atoms with van der Waals surface area (Å²) >= 11 is 6.07. The van der Waals surface area contributed by atoms with Crippen molar-refractivity contribution in [2.45, 2.75) is 19.5 Å². The van der Waals surface area contributed by atoms with Crippen LogP contribution in [0.2, 0.25) is 5.02 Å². The number of hydrogen-bond acceptors (Lipinski definition) is 2. The summed E-state index contributed by atoms with van der Waals surface area (Å²) in [6.45, 7) is 2.42. The largest absolute Gasteiger partial charge is 0.346 e. The van der Waals surface area contributed by atoms with Gasteiger partial charge in [0.1, 0.15) is 5.82 Å². The van der Waals surface area contributed by atoms with Gasteiger partial charge in [-0.1, -0.05) is 41.9 Å². The van der Waals surface area contributed by atoms with Crippen LogP contribution >= 0.6 is 11.6 Å². The molecule has 6 heteroatoms. The predicted molar refractivity (Wildman–Crippen MR) is 113 cm³/mol. The molecule has 0 unspecified atom stereocenters. The van der Waals surface area contributed by atoms with Gasteiger partial charge in [0.05, 0.1) is 24.3 Å². The molecule has 0 aliphatic rings. The van der Waals surface area contributed by atoms with Gasteiger partial charge in [0.15, 0.2) is 0 Å². The van der Waals surface area contributed by atoms with E-state index < -0.39 is 0 Å². The van der Waals surface area contributed by atoms with Crippen LogP contribution in [0.15, 0.2) is 72.9 Å². The SMILES string of the molecule is C[C@@H](NC(=O)c1ccc2cnn(Cc3cccc(Cl)c3)c2c1)c1ccc(F)cc1. The Morgan fingerprint density at radius 2 is 1.93 bits per heavy atom. The van der Waals surface area contributed by atoms with Gasteiger partial charge in [-0.15, -0.1) is 0 Å². The van der Waals surface area contributed by atoms with Crippen LogP contribution in [0.3, 0.4) is 0 Å². The van der Waals surface area contributed by atoms with Gasteiger partial charge in [0, 0.05) is 16.0 Å². The molecule has 1 atom stereocenters. The second-order valence-electron chi connectivity index (χ2n) is 6.95. The summed E-state index contributed by atoms with van der Waals surface area (Å²) in [5, 5.41) is 9.03. The number of carbonyl (C=O) groups is 1. The third-order valence-corrected chi connectivity index (χ3v) is 5.08. The van der Waals surface area contributed by atoms with E-state index in [1.165, 1.54) is 12.1 Å². The van der Waals surface area contributed by atoms with Crippen LogP contribution < -0.4 is 5.32 Å². The summed E-state index contributed by atoms with van der Waals surface area (Å²) in [6.07, 6.45) is 1.78. The molecule has 3 aromatic carbocycles. The van der Waals surface area contributed by atoms with Crippen molar-refractivity contribution in [2.24, 2.45) is 0 Å². The molecule has 1 amide bonds. The van der Waals surface area contributed by atoms with Crippen molar-refractivity contribution in [3.63, 3.8) is 0 Å². The standard InChI is InChI=1S/C23H19ClFN3O/c1-15(17-7-9-21(25)10-8-17)27-23(29)18-5-6-19-13-26-28(22(19)12-18)14-16-3-2-4-20(24)11-16/h2-13,15H,14H2,1H3,(H,27,29)/t15-/m1/s1. The summed E-state index contributed by atoms with van der Waals surface area (Å²) in [6, 6.07) is 19.0. The van der Waals surface area contributed by atoms with E-state index in [2.05, 4.69) is 10.4 Å². The van der Waals surface area contributed by atoms with Crippen molar-refractivity contribution in [2.75, 3.05) is 0 Å². The van der Waals surface area contributed by atoms with Gasteiger partial charge in [-0.2, -0.15) is 5.10 Å². The first kappa shape index (κ1) is 19.2. The minimum Gasteiger partial charge on any atom is -0.346 e. The summed E-state index contributed by atoms with van der Waals surface area (Å²) in [5.74, 6) is -0.495. The number of amides is 1. The molecule has 4 rings (SSSR count). The van der Waals surface area contributed by atoms with E-state index in [1.54, 1.807) is 24.4 Å². The summed E-state index contributed by atoms with van der Waals surface area (Å²) in [7, 11) is 0. The highest BCUT2D eigenvalue weighted by Gasteiger charge is 2.13. The molecule has 0 spiro atoms. The van der Waals surface area contributed by atoms with Crippen LogP contribution in [0, 0.1) is 5.82 Å². The lowest BCUT2D eigenvalue weighted by Crippen LogP contribution is -2.26. The highest BCUT2D eigenvalue weighted by atomic mass is 35.5. The number of aromatic nitrogens is 2. The van der Waals surface area contributed by atoms with E-state index in [0.29, 0.717) is 17.1 Å². The molecule has 1 aromatic heterocycles. The van der Waals surface area contributed by atoms with Gasteiger partial charge in [0.2, 0.25) is 0 Å². The van der Waals surface area contributed by atoms with Crippen LogP contribution in [-0.2, 0) is 6.54 Å². The zero-order chi connectivity index (χ0) is 20.4. The average Bonchev–Trinajstić information content (AvgIpc) is 3.10. The van der Waals surface area contributed by atoms with E-state index in [9.17, 15) is 9.18 Å². The van der Waals surface area contributed by atoms with Crippen molar-refractivity contribution in [3.8, 4) is 0 Å². The van der Waals surface area contributed by atoms with E-state index in [4.69, 9.17) is 11.6 Å². The average molecular weight is 408 g/mol. The first-order chi connectivity index (χ1) is 14.0. The highest BCUT2D eigenvalue weighted by Crippen LogP contribution is 2.20. The topological polar surface area (TPSA) is 46.9 Å². The maximum atomic E-state index is 13.1. The lowest BCUT2D eigenvalue weighted by Gasteiger charge is -2.14. The van der Waals surface area contributed by atoms with Crippen molar-refractivity contribution in [3.05, 3.63) is 100 Å².